The largest absolute Gasteiger partial charge is 0.504 e. The van der Waals surface area contributed by atoms with Crippen LogP contribution < -0.4 is 10.6 Å². The number of nitro groups is 2. The predicted molar refractivity (Wildman–Crippen MR) is 196 cm³/mol. The lowest BCUT2D eigenvalue weighted by atomic mass is 10.2. The van der Waals surface area contributed by atoms with Gasteiger partial charge in [0, 0.05) is 22.1 Å². The minimum absolute atomic E-state index is 0.0365. The number of nitrogens with one attached hydrogen (secondary N) is 2. The van der Waals surface area contributed by atoms with E-state index >= 15 is 0 Å². The van der Waals surface area contributed by atoms with Crippen LogP contribution in [0.3, 0.4) is 0 Å². The smallest absolute Gasteiger partial charge is 0.335 e. The number of carboxylic acids is 2. The lowest BCUT2D eigenvalue weighted by Crippen LogP contribution is -2.10. The second-order valence-corrected chi connectivity index (χ2v) is 13.4. The Bertz CT molecular complexity index is 2390. The van der Waals surface area contributed by atoms with Crippen LogP contribution in [0.1, 0.15) is 40.1 Å². The number of rotatable bonds is 8. The van der Waals surface area contributed by atoms with Gasteiger partial charge in [-0.1, -0.05) is 23.2 Å². The number of carboxylic acid groups (broad SMARTS) is 2. The zero-order chi connectivity index (χ0) is 39.8. The van der Waals surface area contributed by atoms with Gasteiger partial charge in [-0.3, -0.25) is 29.8 Å². The first kappa shape index (κ1) is 38.5. The summed E-state index contributed by atoms with van der Waals surface area (Å²) < 4.78 is -0.127. The molecule has 0 radical (unpaired) electrons. The molecular weight excluding hydrogens is 799 g/mol. The van der Waals surface area contributed by atoms with Crippen LogP contribution in [0.25, 0.3) is 20.2 Å². The van der Waals surface area contributed by atoms with Crippen molar-refractivity contribution >= 4 is 113 Å². The van der Waals surface area contributed by atoms with Gasteiger partial charge < -0.3 is 41.3 Å². The molecule has 0 aliphatic heterocycles. The summed E-state index contributed by atoms with van der Waals surface area (Å²) in [4.78, 5) is 67.2. The number of thiophene rings is 2. The Balaban J connectivity index is 0.000000208. The molecule has 0 aliphatic carbocycles. The van der Waals surface area contributed by atoms with Gasteiger partial charge in [-0.15, -0.1) is 22.7 Å². The summed E-state index contributed by atoms with van der Waals surface area (Å²) in [5.74, 6) is -6.90. The topological polar surface area (TPSA) is 300 Å². The van der Waals surface area contributed by atoms with Gasteiger partial charge in [0.15, 0.2) is 11.5 Å². The average molecular weight is 818 g/mol. The number of hydrogen-bond acceptors (Lipinski definition) is 14. The molecule has 0 aliphatic rings. The number of carbonyl (C=O) groups excluding carboxylic acids is 2. The molecule has 0 fully saturated rings. The Morgan fingerprint density at radius 1 is 0.593 bits per heavy atom. The maximum atomic E-state index is 12.5. The number of halogens is 2. The second kappa shape index (κ2) is 15.1. The highest BCUT2D eigenvalue weighted by Gasteiger charge is 2.30. The molecule has 2 amide bonds. The van der Waals surface area contributed by atoms with Crippen molar-refractivity contribution in [1.29, 1.82) is 0 Å². The Morgan fingerprint density at radius 3 is 1.19 bits per heavy atom. The van der Waals surface area contributed by atoms with E-state index in [4.69, 9.17) is 33.4 Å². The van der Waals surface area contributed by atoms with Gasteiger partial charge in [0.1, 0.15) is 19.2 Å². The fourth-order valence-corrected chi connectivity index (χ4v) is 7.71. The van der Waals surface area contributed by atoms with Crippen molar-refractivity contribution in [3.05, 3.63) is 112 Å². The van der Waals surface area contributed by atoms with Gasteiger partial charge in [0.25, 0.3) is 11.8 Å². The second-order valence-electron chi connectivity index (χ2n) is 10.6. The first-order valence-corrected chi connectivity index (χ1v) is 16.7. The van der Waals surface area contributed by atoms with Crippen molar-refractivity contribution in [3.8, 4) is 23.0 Å². The van der Waals surface area contributed by atoms with Crippen LogP contribution in [-0.2, 0) is 0 Å². The molecule has 0 unspecified atom stereocenters. The lowest BCUT2D eigenvalue weighted by Gasteiger charge is -2.04. The zero-order valence-electron chi connectivity index (χ0n) is 26.2. The first-order chi connectivity index (χ1) is 25.4. The standard InChI is InChI=1S/2C16H9ClN2O7S/c2*17-10-8-5-9(20)12(21)11(19(25)26)13(8)27-14(10)15(22)18-7-3-1-6(2-4-7)16(23)24/h2*1-5,20-21H,(H,18,22)(H,23,24). The molecule has 18 nitrogen and oxygen atoms in total. The van der Waals surface area contributed by atoms with E-state index in [1.165, 1.54) is 48.5 Å². The monoisotopic (exact) mass is 816 g/mol. The number of amides is 2. The molecule has 2 heterocycles. The number of nitrogens with zero attached hydrogens (tertiary/aromatic N) is 2. The van der Waals surface area contributed by atoms with Crippen molar-refractivity contribution < 1.29 is 59.7 Å². The summed E-state index contributed by atoms with van der Waals surface area (Å²) in [5, 5.41) is 83.8. The molecule has 6 rings (SSSR count). The van der Waals surface area contributed by atoms with Crippen molar-refractivity contribution in [3.63, 3.8) is 0 Å². The van der Waals surface area contributed by atoms with Gasteiger partial charge >= 0.3 is 23.3 Å². The fraction of sp³-hybridized carbons (Fsp3) is 0. The molecule has 4 aromatic carbocycles. The van der Waals surface area contributed by atoms with Gasteiger partial charge in [-0.2, -0.15) is 0 Å². The van der Waals surface area contributed by atoms with Crippen LogP contribution in [0.4, 0.5) is 22.7 Å². The molecule has 0 atom stereocenters. The number of phenolic OH excluding ortho intramolecular Hbond substituents is 4. The summed E-state index contributed by atoms with van der Waals surface area (Å²) in [5.41, 5.74) is -0.843. The van der Waals surface area contributed by atoms with Gasteiger partial charge in [0.05, 0.1) is 31.0 Å². The summed E-state index contributed by atoms with van der Waals surface area (Å²) >= 11 is 13.7. The van der Waals surface area contributed by atoms with Crippen molar-refractivity contribution in [2.24, 2.45) is 0 Å². The molecule has 0 saturated heterocycles. The summed E-state index contributed by atoms with van der Waals surface area (Å²) in [6, 6.07) is 12.8. The zero-order valence-corrected chi connectivity index (χ0v) is 29.3. The maximum Gasteiger partial charge on any atom is 0.335 e. The SMILES string of the molecule is O=C(O)c1ccc(NC(=O)c2sc3c([N+](=O)[O-])c(O)c(O)cc3c2Cl)cc1.O=C(O)c1ccc(NC(=O)c2sc3c([N+](=O)[O-])c(O)c(O)cc3c2Cl)cc1. The number of carbonyl (C=O) groups is 4. The van der Waals surface area contributed by atoms with E-state index in [0.717, 1.165) is 12.1 Å². The summed E-state index contributed by atoms with van der Waals surface area (Å²) in [7, 11) is 0. The fourth-order valence-electron chi connectivity index (χ4n) is 4.72. The quantitative estimate of drug-likeness (QED) is 0.0416. The molecule has 276 valence electrons. The number of hydrogen-bond donors (Lipinski definition) is 8. The van der Waals surface area contributed by atoms with E-state index in [2.05, 4.69) is 10.6 Å². The third kappa shape index (κ3) is 7.43. The Labute approximate surface area is 316 Å². The van der Waals surface area contributed by atoms with Crippen molar-refractivity contribution in [2.75, 3.05) is 10.6 Å². The van der Waals surface area contributed by atoms with Crippen molar-refractivity contribution in [2.45, 2.75) is 0 Å². The lowest BCUT2D eigenvalue weighted by molar-refractivity contribution is -0.384. The highest BCUT2D eigenvalue weighted by Crippen LogP contribution is 2.50. The number of nitro benzene ring substituents is 2. The maximum absolute atomic E-state index is 12.5. The van der Waals surface area contributed by atoms with Crippen LogP contribution in [0.5, 0.6) is 23.0 Å². The third-order valence-electron chi connectivity index (χ3n) is 7.25. The number of anilines is 2. The van der Waals surface area contributed by atoms with E-state index in [-0.39, 0.29) is 51.1 Å². The average Bonchev–Trinajstić information content (AvgIpc) is 3.61. The van der Waals surface area contributed by atoms with Crippen LogP contribution in [0.2, 0.25) is 10.0 Å². The van der Waals surface area contributed by atoms with E-state index in [1.807, 2.05) is 0 Å². The van der Waals surface area contributed by atoms with E-state index in [9.17, 15) is 59.8 Å². The highest BCUT2D eigenvalue weighted by molar-refractivity contribution is 7.22. The molecule has 8 N–H and O–H groups in total. The number of aromatic carboxylic acids is 2. The first-order valence-electron chi connectivity index (χ1n) is 14.3. The van der Waals surface area contributed by atoms with Crippen LogP contribution in [-0.4, -0.2) is 64.2 Å². The van der Waals surface area contributed by atoms with E-state index in [0.29, 0.717) is 34.0 Å². The molecule has 0 spiro atoms. The molecule has 0 bridgehead atoms. The minimum atomic E-state index is -1.12. The van der Waals surface area contributed by atoms with E-state index in [1.54, 1.807) is 0 Å². The molecule has 6 aromatic rings. The number of benzene rings is 4. The van der Waals surface area contributed by atoms with Crippen LogP contribution >= 0.6 is 45.9 Å². The Kier molecular flexibility index (Phi) is 10.8. The normalized spacial score (nSPS) is 10.7. The number of fused-ring (bicyclic) bond motifs is 2. The Morgan fingerprint density at radius 2 is 0.907 bits per heavy atom. The Hall–Kier alpha value is -6.74. The van der Waals surface area contributed by atoms with Crippen LogP contribution in [0, 0.1) is 20.2 Å². The number of phenols is 4. The van der Waals surface area contributed by atoms with Gasteiger partial charge in [-0.25, -0.2) is 9.59 Å². The van der Waals surface area contributed by atoms with Crippen LogP contribution in [0.15, 0.2) is 60.7 Å². The molecule has 0 saturated carbocycles. The molecular formula is C32H18Cl2N4O14S2. The molecule has 54 heavy (non-hydrogen) atoms. The third-order valence-corrected chi connectivity index (χ3v) is 10.7. The predicted octanol–water partition coefficient (Wildman–Crippen LogP) is 7.65. The van der Waals surface area contributed by atoms with Gasteiger partial charge in [0.2, 0.25) is 11.5 Å². The highest BCUT2D eigenvalue weighted by atomic mass is 35.5. The van der Waals surface area contributed by atoms with E-state index < -0.39 is 68.0 Å². The summed E-state index contributed by atoms with van der Waals surface area (Å²) in [6.45, 7) is 0. The molecule has 2 aromatic heterocycles. The number of aromatic hydroxyl groups is 4. The summed E-state index contributed by atoms with van der Waals surface area (Å²) in [6.07, 6.45) is 0. The minimum Gasteiger partial charge on any atom is -0.504 e. The molecule has 22 heteroatoms. The van der Waals surface area contributed by atoms with Gasteiger partial charge in [-0.05, 0) is 60.7 Å². The van der Waals surface area contributed by atoms with Crippen molar-refractivity contribution in [1.82, 2.24) is 0 Å².